The fourth-order valence-electron chi connectivity index (χ4n) is 1.98. The zero-order valence-corrected chi connectivity index (χ0v) is 14.6. The molecule has 2 rings (SSSR count). The van der Waals surface area contributed by atoms with E-state index in [0.29, 0.717) is 16.3 Å². The van der Waals surface area contributed by atoms with E-state index < -0.39 is 6.61 Å². The molecule has 128 valence electrons. The van der Waals surface area contributed by atoms with Crippen molar-refractivity contribution >= 4 is 35.0 Å². The number of hydrogen-bond acceptors (Lipinski definition) is 3. The molecule has 1 N–H and O–H groups in total. The summed E-state index contributed by atoms with van der Waals surface area (Å²) < 4.78 is 29.2. The second-order valence-electron chi connectivity index (χ2n) is 5.01. The molecule has 2 aromatic carbocycles. The predicted octanol–water partition coefficient (Wildman–Crippen LogP) is 5.37. The van der Waals surface area contributed by atoms with Gasteiger partial charge in [-0.05, 0) is 50.2 Å². The quantitative estimate of drug-likeness (QED) is 0.694. The minimum absolute atomic E-state index is 0.0424. The molecule has 0 aliphatic carbocycles. The summed E-state index contributed by atoms with van der Waals surface area (Å²) in [5.41, 5.74) is 0.900. The van der Waals surface area contributed by atoms with Gasteiger partial charge in [0.15, 0.2) is 0 Å². The molecule has 0 spiro atoms. The molecule has 0 saturated heterocycles. The maximum atomic E-state index is 12.4. The van der Waals surface area contributed by atoms with Gasteiger partial charge in [0.25, 0.3) is 0 Å². The normalized spacial score (nSPS) is 12.1. The molecule has 0 heterocycles. The first-order valence-electron chi connectivity index (χ1n) is 7.14. The Morgan fingerprint density at radius 3 is 2.50 bits per heavy atom. The van der Waals surface area contributed by atoms with Crippen LogP contribution in [-0.2, 0) is 4.79 Å². The van der Waals surface area contributed by atoms with Crippen LogP contribution in [0, 0.1) is 6.92 Å². The van der Waals surface area contributed by atoms with Crippen molar-refractivity contribution < 1.29 is 18.3 Å². The maximum absolute atomic E-state index is 12.4. The average molecular weight is 372 g/mol. The lowest BCUT2D eigenvalue weighted by Gasteiger charge is -2.15. The summed E-state index contributed by atoms with van der Waals surface area (Å²) in [5.74, 6) is -0.187. The van der Waals surface area contributed by atoms with Crippen molar-refractivity contribution in [2.45, 2.75) is 30.6 Å². The molecular weight excluding hydrogens is 356 g/mol. The molecular formula is C17H16ClF2NO2S. The number of carbonyl (C=O) groups is 1. The number of anilines is 1. The highest BCUT2D eigenvalue weighted by Gasteiger charge is 2.17. The molecule has 0 fully saturated rings. The Balaban J connectivity index is 2.04. The predicted molar refractivity (Wildman–Crippen MR) is 93.2 cm³/mol. The Kier molecular flexibility index (Phi) is 6.45. The molecule has 0 aromatic heterocycles. The van der Waals surface area contributed by atoms with E-state index in [9.17, 15) is 13.6 Å². The van der Waals surface area contributed by atoms with Gasteiger partial charge in [-0.3, -0.25) is 4.79 Å². The SMILES string of the molecule is Cc1c(NC(=O)C(C)Sc2ccc(Cl)cc2)cccc1OC(F)F. The number of nitrogens with one attached hydrogen (secondary N) is 1. The highest BCUT2D eigenvalue weighted by Crippen LogP contribution is 2.29. The van der Waals surface area contributed by atoms with Gasteiger partial charge in [-0.2, -0.15) is 8.78 Å². The monoisotopic (exact) mass is 371 g/mol. The van der Waals surface area contributed by atoms with Crippen molar-refractivity contribution in [3.63, 3.8) is 0 Å². The van der Waals surface area contributed by atoms with Crippen LogP contribution in [0.3, 0.4) is 0 Å². The number of rotatable bonds is 6. The van der Waals surface area contributed by atoms with Crippen molar-refractivity contribution in [2.24, 2.45) is 0 Å². The van der Waals surface area contributed by atoms with Gasteiger partial charge in [-0.25, -0.2) is 0 Å². The first kappa shape index (κ1) is 18.5. The minimum atomic E-state index is -2.91. The molecule has 0 aliphatic heterocycles. The highest BCUT2D eigenvalue weighted by atomic mass is 35.5. The summed E-state index contributed by atoms with van der Waals surface area (Å²) >= 11 is 7.21. The summed E-state index contributed by atoms with van der Waals surface area (Å²) in [6.07, 6.45) is 0. The van der Waals surface area contributed by atoms with Gasteiger partial charge in [-0.1, -0.05) is 17.7 Å². The van der Waals surface area contributed by atoms with E-state index in [1.807, 2.05) is 12.1 Å². The van der Waals surface area contributed by atoms with Crippen LogP contribution in [0.1, 0.15) is 12.5 Å². The Morgan fingerprint density at radius 1 is 1.21 bits per heavy atom. The standard InChI is InChI=1S/C17H16ClF2NO2S/c1-10-14(4-3-5-15(10)23-17(19)20)21-16(22)11(2)24-13-8-6-12(18)7-9-13/h3-9,11,17H,1-2H3,(H,21,22). The van der Waals surface area contributed by atoms with Crippen LogP contribution in [0.15, 0.2) is 47.4 Å². The van der Waals surface area contributed by atoms with Gasteiger partial charge in [-0.15, -0.1) is 11.8 Å². The number of hydrogen-bond donors (Lipinski definition) is 1. The molecule has 0 bridgehead atoms. The number of thioether (sulfide) groups is 1. The number of halogens is 3. The van der Waals surface area contributed by atoms with Gasteiger partial charge < -0.3 is 10.1 Å². The molecule has 0 radical (unpaired) electrons. The van der Waals surface area contributed by atoms with Crippen LogP contribution in [-0.4, -0.2) is 17.8 Å². The Morgan fingerprint density at radius 2 is 1.88 bits per heavy atom. The fourth-order valence-corrected chi connectivity index (χ4v) is 2.97. The zero-order valence-electron chi connectivity index (χ0n) is 13.1. The summed E-state index contributed by atoms with van der Waals surface area (Å²) in [7, 11) is 0. The molecule has 2 aromatic rings. The van der Waals surface area contributed by atoms with Gasteiger partial charge >= 0.3 is 6.61 Å². The number of alkyl halides is 2. The van der Waals surface area contributed by atoms with Gasteiger partial charge in [0.2, 0.25) is 5.91 Å². The fraction of sp³-hybridized carbons (Fsp3) is 0.235. The number of ether oxygens (including phenoxy) is 1. The van der Waals surface area contributed by atoms with E-state index in [0.717, 1.165) is 4.90 Å². The molecule has 1 unspecified atom stereocenters. The third-order valence-electron chi connectivity index (χ3n) is 3.25. The van der Waals surface area contributed by atoms with Gasteiger partial charge in [0.1, 0.15) is 5.75 Å². The van der Waals surface area contributed by atoms with E-state index >= 15 is 0 Å². The maximum Gasteiger partial charge on any atom is 0.387 e. The Hall–Kier alpha value is -1.79. The van der Waals surface area contributed by atoms with E-state index in [2.05, 4.69) is 10.1 Å². The summed E-state index contributed by atoms with van der Waals surface area (Å²) in [4.78, 5) is 13.2. The molecule has 3 nitrogen and oxygen atoms in total. The van der Waals surface area contributed by atoms with Crippen LogP contribution in [0.2, 0.25) is 5.02 Å². The molecule has 0 aliphatic rings. The Labute approximate surface area is 148 Å². The number of benzene rings is 2. The average Bonchev–Trinajstić information content (AvgIpc) is 2.53. The molecule has 24 heavy (non-hydrogen) atoms. The molecule has 7 heteroatoms. The van der Waals surface area contributed by atoms with E-state index in [1.165, 1.54) is 17.8 Å². The largest absolute Gasteiger partial charge is 0.434 e. The highest BCUT2D eigenvalue weighted by molar-refractivity contribution is 8.00. The topological polar surface area (TPSA) is 38.3 Å². The zero-order chi connectivity index (χ0) is 17.7. The van der Waals surface area contributed by atoms with Crippen LogP contribution in [0.5, 0.6) is 5.75 Å². The second-order valence-corrected chi connectivity index (χ2v) is 6.86. The van der Waals surface area contributed by atoms with Crippen LogP contribution in [0.4, 0.5) is 14.5 Å². The first-order valence-corrected chi connectivity index (χ1v) is 8.40. The minimum Gasteiger partial charge on any atom is -0.434 e. The first-order chi connectivity index (χ1) is 11.4. The second kappa shape index (κ2) is 8.35. The lowest BCUT2D eigenvalue weighted by Crippen LogP contribution is -2.23. The third-order valence-corrected chi connectivity index (χ3v) is 4.62. The summed E-state index contributed by atoms with van der Waals surface area (Å²) in [6, 6.07) is 11.8. The lowest BCUT2D eigenvalue weighted by molar-refractivity contribution is -0.115. The summed E-state index contributed by atoms with van der Waals surface area (Å²) in [6.45, 7) is 0.474. The molecule has 0 saturated carbocycles. The molecule has 1 amide bonds. The van der Waals surface area contributed by atoms with Crippen molar-refractivity contribution in [3.8, 4) is 5.75 Å². The lowest BCUT2D eigenvalue weighted by atomic mass is 10.1. The third kappa shape index (κ3) is 5.11. The smallest absolute Gasteiger partial charge is 0.387 e. The van der Waals surface area contributed by atoms with Crippen molar-refractivity contribution in [1.82, 2.24) is 0 Å². The number of carbonyl (C=O) groups excluding carboxylic acids is 1. The van der Waals surface area contributed by atoms with E-state index in [4.69, 9.17) is 11.6 Å². The van der Waals surface area contributed by atoms with E-state index in [-0.39, 0.29) is 16.9 Å². The molecule has 1 atom stereocenters. The van der Waals surface area contributed by atoms with Crippen LogP contribution < -0.4 is 10.1 Å². The summed E-state index contributed by atoms with van der Waals surface area (Å²) in [5, 5.41) is 3.00. The van der Waals surface area contributed by atoms with Gasteiger partial charge in [0, 0.05) is 21.2 Å². The van der Waals surface area contributed by atoms with Crippen molar-refractivity contribution in [1.29, 1.82) is 0 Å². The van der Waals surface area contributed by atoms with E-state index in [1.54, 1.807) is 38.1 Å². The Bertz CT molecular complexity index is 710. The number of amides is 1. The van der Waals surface area contributed by atoms with Crippen LogP contribution in [0.25, 0.3) is 0 Å². The van der Waals surface area contributed by atoms with Crippen LogP contribution >= 0.6 is 23.4 Å². The van der Waals surface area contributed by atoms with Crippen molar-refractivity contribution in [2.75, 3.05) is 5.32 Å². The van der Waals surface area contributed by atoms with Crippen molar-refractivity contribution in [3.05, 3.63) is 53.1 Å². The van der Waals surface area contributed by atoms with Gasteiger partial charge in [0.05, 0.1) is 5.25 Å².